The van der Waals surface area contributed by atoms with Crippen molar-refractivity contribution >= 4 is 17.5 Å². The number of carbonyl (C=O) groups excluding carboxylic acids is 1. The maximum absolute atomic E-state index is 12.1. The number of amides is 1. The van der Waals surface area contributed by atoms with Gasteiger partial charge in [0.15, 0.2) is 0 Å². The van der Waals surface area contributed by atoms with Gasteiger partial charge in [-0.3, -0.25) is 5.32 Å². The molecule has 0 unspecified atom stereocenters. The minimum atomic E-state index is -0.540. The van der Waals surface area contributed by atoms with Crippen molar-refractivity contribution in [3.05, 3.63) is 35.5 Å². The van der Waals surface area contributed by atoms with E-state index in [1.807, 2.05) is 39.8 Å². The molecule has 0 saturated carbocycles. The van der Waals surface area contributed by atoms with Gasteiger partial charge >= 0.3 is 6.09 Å². The Labute approximate surface area is 147 Å². The van der Waals surface area contributed by atoms with Crippen molar-refractivity contribution in [3.63, 3.8) is 0 Å². The first kappa shape index (κ1) is 17.3. The number of hydrogen-bond donors (Lipinski definition) is 1. The highest BCUT2D eigenvalue weighted by Gasteiger charge is 2.26. The summed E-state index contributed by atoms with van der Waals surface area (Å²) in [7, 11) is 0. The molecule has 0 saturated heterocycles. The molecular formula is C18H24N4O3. The Kier molecular flexibility index (Phi) is 4.65. The van der Waals surface area contributed by atoms with E-state index >= 15 is 0 Å². The van der Waals surface area contributed by atoms with Gasteiger partial charge in [0.2, 0.25) is 11.8 Å². The molecular weight excluding hydrogens is 320 g/mol. The molecule has 7 nitrogen and oxygen atoms in total. The van der Waals surface area contributed by atoms with E-state index in [9.17, 15) is 4.79 Å². The van der Waals surface area contributed by atoms with Crippen LogP contribution in [0.3, 0.4) is 0 Å². The number of benzene rings is 1. The number of ether oxygens (including phenoxy) is 1. The lowest BCUT2D eigenvalue weighted by Gasteiger charge is -2.23. The van der Waals surface area contributed by atoms with E-state index in [1.165, 1.54) is 5.56 Å². The molecule has 0 aliphatic carbocycles. The van der Waals surface area contributed by atoms with E-state index in [0.717, 1.165) is 30.8 Å². The van der Waals surface area contributed by atoms with Crippen molar-refractivity contribution in [2.75, 3.05) is 16.8 Å². The highest BCUT2D eigenvalue weighted by atomic mass is 16.6. The predicted molar refractivity (Wildman–Crippen MR) is 94.7 cm³/mol. The summed E-state index contributed by atoms with van der Waals surface area (Å²) in [6, 6.07) is 5.89. The van der Waals surface area contributed by atoms with E-state index in [2.05, 4.69) is 26.5 Å². The lowest BCUT2D eigenvalue weighted by atomic mass is 10.1. The Bertz CT molecular complexity index is 764. The summed E-state index contributed by atoms with van der Waals surface area (Å²) in [5.74, 6) is 1.21. The molecule has 3 rings (SSSR count). The summed E-state index contributed by atoms with van der Waals surface area (Å²) in [5.41, 5.74) is 2.37. The molecule has 1 aromatic heterocycles. The van der Waals surface area contributed by atoms with Gasteiger partial charge in [-0.05, 0) is 38.8 Å². The van der Waals surface area contributed by atoms with E-state index in [4.69, 9.17) is 9.15 Å². The van der Waals surface area contributed by atoms with E-state index in [1.54, 1.807) is 0 Å². The topological polar surface area (TPSA) is 80.5 Å². The van der Waals surface area contributed by atoms with Gasteiger partial charge in [0.1, 0.15) is 5.60 Å². The Morgan fingerprint density at radius 3 is 2.76 bits per heavy atom. The monoisotopic (exact) mass is 344 g/mol. The number of carbonyl (C=O) groups is 1. The van der Waals surface area contributed by atoms with Gasteiger partial charge in [-0.2, -0.15) is 0 Å². The van der Waals surface area contributed by atoms with Gasteiger partial charge < -0.3 is 14.1 Å². The number of nitrogens with zero attached hydrogens (tertiary/aromatic N) is 3. The van der Waals surface area contributed by atoms with Crippen LogP contribution in [0, 0.1) is 0 Å². The van der Waals surface area contributed by atoms with E-state index in [0.29, 0.717) is 18.3 Å². The van der Waals surface area contributed by atoms with E-state index < -0.39 is 11.7 Å². The number of nitrogens with one attached hydrogen (secondary N) is 1. The maximum atomic E-state index is 12.1. The molecule has 0 fully saturated rings. The summed E-state index contributed by atoms with van der Waals surface area (Å²) >= 11 is 0. The van der Waals surface area contributed by atoms with Gasteiger partial charge in [-0.1, -0.05) is 19.1 Å². The van der Waals surface area contributed by atoms with Gasteiger partial charge in [0.05, 0.1) is 17.9 Å². The fraction of sp³-hybridized carbons (Fsp3) is 0.500. The summed E-state index contributed by atoms with van der Waals surface area (Å²) < 4.78 is 11.0. The molecule has 134 valence electrons. The fourth-order valence-electron chi connectivity index (χ4n) is 2.86. The lowest BCUT2D eigenvalue weighted by molar-refractivity contribution is 0.0636. The molecule has 2 aromatic rings. The van der Waals surface area contributed by atoms with Crippen molar-refractivity contribution in [2.24, 2.45) is 0 Å². The quantitative estimate of drug-likeness (QED) is 0.914. The van der Waals surface area contributed by atoms with Crippen molar-refractivity contribution < 1.29 is 13.9 Å². The molecule has 7 heteroatoms. The number of aryl methyl sites for hydroxylation is 1. The van der Waals surface area contributed by atoms with Crippen molar-refractivity contribution in [1.82, 2.24) is 10.2 Å². The first-order valence-corrected chi connectivity index (χ1v) is 8.54. The van der Waals surface area contributed by atoms with Crippen LogP contribution in [0.4, 0.5) is 16.2 Å². The first-order valence-electron chi connectivity index (χ1n) is 8.54. The number of para-hydroxylation sites is 1. The zero-order chi connectivity index (χ0) is 18.0. The van der Waals surface area contributed by atoms with Gasteiger partial charge in [-0.15, -0.1) is 10.2 Å². The van der Waals surface area contributed by atoms with Gasteiger partial charge in [0.25, 0.3) is 0 Å². The minimum Gasteiger partial charge on any atom is -0.444 e. The zero-order valence-electron chi connectivity index (χ0n) is 15.1. The van der Waals surface area contributed by atoms with Crippen LogP contribution in [0.5, 0.6) is 0 Å². The smallest absolute Gasteiger partial charge is 0.412 e. The third-order valence-electron chi connectivity index (χ3n) is 3.86. The lowest BCUT2D eigenvalue weighted by Crippen LogP contribution is -2.28. The molecule has 1 amide bonds. The molecule has 0 bridgehead atoms. The van der Waals surface area contributed by atoms with Crippen LogP contribution in [0.25, 0.3) is 0 Å². The third kappa shape index (κ3) is 4.10. The van der Waals surface area contributed by atoms with Crippen molar-refractivity contribution in [1.29, 1.82) is 0 Å². The summed E-state index contributed by atoms with van der Waals surface area (Å²) in [6.45, 7) is 8.87. The van der Waals surface area contributed by atoms with Gasteiger partial charge in [0, 0.05) is 13.0 Å². The van der Waals surface area contributed by atoms with Crippen molar-refractivity contribution in [3.8, 4) is 0 Å². The molecule has 0 radical (unpaired) electrons. The molecule has 1 aliphatic heterocycles. The number of fused-ring (bicyclic) bond motifs is 1. The van der Waals surface area contributed by atoms with Crippen LogP contribution in [0.1, 0.15) is 45.0 Å². The Balaban J connectivity index is 1.79. The minimum absolute atomic E-state index is 0.459. The molecule has 1 aliphatic rings. The highest BCUT2D eigenvalue weighted by Crippen LogP contribution is 2.36. The zero-order valence-corrected chi connectivity index (χ0v) is 15.1. The van der Waals surface area contributed by atoms with Crippen LogP contribution < -0.4 is 10.2 Å². The number of anilines is 2. The largest absolute Gasteiger partial charge is 0.444 e. The van der Waals surface area contributed by atoms with Crippen LogP contribution in [0.2, 0.25) is 0 Å². The van der Waals surface area contributed by atoms with E-state index in [-0.39, 0.29) is 0 Å². The Morgan fingerprint density at radius 2 is 2.08 bits per heavy atom. The predicted octanol–water partition coefficient (Wildman–Crippen LogP) is 3.54. The maximum Gasteiger partial charge on any atom is 0.412 e. The molecule has 0 spiro atoms. The summed E-state index contributed by atoms with van der Waals surface area (Å²) in [4.78, 5) is 14.3. The standard InChI is InChI=1S/C18H24N4O3/c1-5-14-20-21-15(24-14)11-22-10-9-12-7-6-8-13(16(12)22)19-17(23)25-18(2,3)4/h6-8H,5,9-11H2,1-4H3,(H,19,23). The Hall–Kier alpha value is -2.57. The highest BCUT2D eigenvalue weighted by molar-refractivity contribution is 5.91. The molecule has 2 heterocycles. The van der Waals surface area contributed by atoms with Crippen LogP contribution in [-0.4, -0.2) is 28.4 Å². The second-order valence-corrected chi connectivity index (χ2v) is 7.05. The van der Waals surface area contributed by atoms with Crippen LogP contribution in [-0.2, 0) is 24.1 Å². The van der Waals surface area contributed by atoms with Crippen LogP contribution >= 0.6 is 0 Å². The first-order chi connectivity index (χ1) is 11.9. The van der Waals surface area contributed by atoms with Gasteiger partial charge in [-0.25, -0.2) is 4.79 Å². The second kappa shape index (κ2) is 6.74. The average Bonchev–Trinajstić information content (AvgIpc) is 3.13. The summed E-state index contributed by atoms with van der Waals surface area (Å²) in [6.07, 6.45) is 1.17. The number of hydrogen-bond acceptors (Lipinski definition) is 6. The number of rotatable bonds is 4. The molecule has 25 heavy (non-hydrogen) atoms. The van der Waals surface area contributed by atoms with Crippen LogP contribution in [0.15, 0.2) is 22.6 Å². The number of aromatic nitrogens is 2. The fourth-order valence-corrected chi connectivity index (χ4v) is 2.86. The Morgan fingerprint density at radius 1 is 1.32 bits per heavy atom. The summed E-state index contributed by atoms with van der Waals surface area (Å²) in [5, 5.41) is 11.0. The normalized spacial score (nSPS) is 13.7. The molecule has 1 aromatic carbocycles. The second-order valence-electron chi connectivity index (χ2n) is 7.05. The average molecular weight is 344 g/mol. The third-order valence-corrected chi connectivity index (χ3v) is 3.86. The van der Waals surface area contributed by atoms with Crippen molar-refractivity contribution in [2.45, 2.75) is 52.7 Å². The molecule has 1 N–H and O–H groups in total. The molecule has 0 atom stereocenters. The SMILES string of the molecule is CCc1nnc(CN2CCc3cccc(NC(=O)OC(C)(C)C)c32)o1.